The number of benzene rings is 2. The third-order valence-corrected chi connectivity index (χ3v) is 2.50. The molecule has 100 valence electrons. The highest BCUT2D eigenvalue weighted by Crippen LogP contribution is 2.30. The van der Waals surface area contributed by atoms with E-state index in [9.17, 15) is 17.6 Å². The fourth-order valence-electron chi connectivity index (χ4n) is 1.49. The van der Waals surface area contributed by atoms with E-state index in [4.69, 9.17) is 4.74 Å². The van der Waals surface area contributed by atoms with Crippen LogP contribution in [0.1, 0.15) is 11.1 Å². The molecule has 0 aliphatic heterocycles. The SMILES string of the molecule is Fc1ccc(COc2ccc(C(F)(F)F)cc2)cc1. The van der Waals surface area contributed by atoms with Crippen LogP contribution in [0.15, 0.2) is 48.5 Å². The fourth-order valence-corrected chi connectivity index (χ4v) is 1.49. The van der Waals surface area contributed by atoms with Crippen molar-refractivity contribution in [2.75, 3.05) is 0 Å². The number of alkyl halides is 3. The van der Waals surface area contributed by atoms with E-state index in [0.29, 0.717) is 5.75 Å². The zero-order valence-electron chi connectivity index (χ0n) is 9.75. The Labute approximate surface area is 107 Å². The van der Waals surface area contributed by atoms with E-state index in [-0.39, 0.29) is 12.4 Å². The number of rotatable bonds is 3. The van der Waals surface area contributed by atoms with Crippen LogP contribution < -0.4 is 4.74 Å². The maximum absolute atomic E-state index is 12.7. The van der Waals surface area contributed by atoms with Gasteiger partial charge in [0.1, 0.15) is 18.2 Å². The molecular weight excluding hydrogens is 260 g/mol. The molecule has 0 atom stereocenters. The fraction of sp³-hybridized carbons (Fsp3) is 0.143. The lowest BCUT2D eigenvalue weighted by Gasteiger charge is -2.09. The topological polar surface area (TPSA) is 9.23 Å². The summed E-state index contributed by atoms with van der Waals surface area (Å²) in [4.78, 5) is 0. The molecule has 0 aromatic heterocycles. The Balaban J connectivity index is 1.98. The predicted octanol–water partition coefficient (Wildman–Crippen LogP) is 4.42. The molecule has 2 rings (SSSR count). The number of hydrogen-bond donors (Lipinski definition) is 0. The molecule has 2 aromatic carbocycles. The van der Waals surface area contributed by atoms with E-state index in [1.807, 2.05) is 0 Å². The highest BCUT2D eigenvalue weighted by molar-refractivity contribution is 5.29. The summed E-state index contributed by atoms with van der Waals surface area (Å²) in [6, 6.07) is 10.1. The quantitative estimate of drug-likeness (QED) is 0.750. The summed E-state index contributed by atoms with van der Waals surface area (Å²) >= 11 is 0. The van der Waals surface area contributed by atoms with Gasteiger partial charge in [0.15, 0.2) is 0 Å². The van der Waals surface area contributed by atoms with Gasteiger partial charge in [0.25, 0.3) is 0 Å². The van der Waals surface area contributed by atoms with Gasteiger partial charge in [-0.3, -0.25) is 0 Å². The minimum Gasteiger partial charge on any atom is -0.489 e. The van der Waals surface area contributed by atoms with Crippen molar-refractivity contribution in [1.82, 2.24) is 0 Å². The average molecular weight is 270 g/mol. The predicted molar refractivity (Wildman–Crippen MR) is 62.2 cm³/mol. The lowest BCUT2D eigenvalue weighted by atomic mass is 10.2. The molecule has 1 nitrogen and oxygen atoms in total. The molecule has 0 N–H and O–H groups in total. The highest BCUT2D eigenvalue weighted by atomic mass is 19.4. The van der Waals surface area contributed by atoms with Gasteiger partial charge in [-0.25, -0.2) is 4.39 Å². The molecule has 5 heteroatoms. The second-order valence-corrected chi connectivity index (χ2v) is 3.94. The number of hydrogen-bond acceptors (Lipinski definition) is 1. The Morgan fingerprint density at radius 2 is 1.42 bits per heavy atom. The van der Waals surface area contributed by atoms with Crippen LogP contribution in [0, 0.1) is 5.82 Å². The van der Waals surface area contributed by atoms with Gasteiger partial charge in [-0.15, -0.1) is 0 Å². The summed E-state index contributed by atoms with van der Waals surface area (Å²) < 4.78 is 55.0. The largest absolute Gasteiger partial charge is 0.489 e. The second-order valence-electron chi connectivity index (χ2n) is 3.94. The van der Waals surface area contributed by atoms with Gasteiger partial charge in [-0.1, -0.05) is 12.1 Å². The first-order valence-electron chi connectivity index (χ1n) is 5.50. The standard InChI is InChI=1S/C14H10F4O/c15-12-5-1-10(2-6-12)9-19-13-7-3-11(4-8-13)14(16,17)18/h1-8H,9H2. The Morgan fingerprint density at radius 3 is 1.95 bits per heavy atom. The van der Waals surface area contributed by atoms with Crippen LogP contribution in [0.3, 0.4) is 0 Å². The average Bonchev–Trinajstić information content (AvgIpc) is 2.37. The zero-order valence-corrected chi connectivity index (χ0v) is 9.75. The van der Waals surface area contributed by atoms with Gasteiger partial charge in [-0.05, 0) is 42.0 Å². The molecule has 0 unspecified atom stereocenters. The summed E-state index contributed by atoms with van der Waals surface area (Å²) in [5.74, 6) is -0.0180. The number of ether oxygens (including phenoxy) is 1. The van der Waals surface area contributed by atoms with Crippen LogP contribution >= 0.6 is 0 Å². The van der Waals surface area contributed by atoms with Crippen molar-refractivity contribution in [3.8, 4) is 5.75 Å². The molecule has 0 heterocycles. The van der Waals surface area contributed by atoms with Gasteiger partial charge in [0.05, 0.1) is 5.56 Å². The van der Waals surface area contributed by atoms with Crippen molar-refractivity contribution in [3.05, 3.63) is 65.5 Å². The molecule has 0 fully saturated rings. The Hall–Kier alpha value is -2.04. The minimum atomic E-state index is -4.35. The Bertz CT molecular complexity index is 529. The van der Waals surface area contributed by atoms with E-state index in [1.165, 1.54) is 24.3 Å². The normalized spacial score (nSPS) is 11.4. The van der Waals surface area contributed by atoms with Gasteiger partial charge >= 0.3 is 6.18 Å². The smallest absolute Gasteiger partial charge is 0.416 e. The van der Waals surface area contributed by atoms with E-state index >= 15 is 0 Å². The first-order chi connectivity index (χ1) is 8.95. The molecule has 0 aliphatic rings. The zero-order chi connectivity index (χ0) is 13.9. The lowest BCUT2D eigenvalue weighted by molar-refractivity contribution is -0.137. The molecule has 19 heavy (non-hydrogen) atoms. The maximum atomic E-state index is 12.7. The molecule has 0 saturated heterocycles. The second kappa shape index (κ2) is 5.30. The molecule has 2 aromatic rings. The van der Waals surface area contributed by atoms with Crippen LogP contribution in [0.4, 0.5) is 17.6 Å². The molecule has 0 radical (unpaired) electrons. The monoisotopic (exact) mass is 270 g/mol. The van der Waals surface area contributed by atoms with Crippen LogP contribution in [0.25, 0.3) is 0 Å². The van der Waals surface area contributed by atoms with Gasteiger partial charge in [0.2, 0.25) is 0 Å². The van der Waals surface area contributed by atoms with E-state index in [0.717, 1.165) is 17.7 Å². The van der Waals surface area contributed by atoms with Crippen LogP contribution in [0.5, 0.6) is 5.75 Å². The summed E-state index contributed by atoms with van der Waals surface area (Å²) in [6.45, 7) is 0.172. The van der Waals surface area contributed by atoms with E-state index < -0.39 is 11.7 Å². The lowest BCUT2D eigenvalue weighted by Crippen LogP contribution is -2.04. The Kier molecular flexibility index (Phi) is 3.74. The summed E-state index contributed by atoms with van der Waals surface area (Å²) in [5.41, 5.74) is 0.0166. The van der Waals surface area contributed by atoms with Crippen LogP contribution in [-0.2, 0) is 12.8 Å². The summed E-state index contributed by atoms with van der Waals surface area (Å²) in [5, 5.41) is 0. The molecular formula is C14H10F4O. The van der Waals surface area contributed by atoms with Crippen molar-refractivity contribution >= 4 is 0 Å². The van der Waals surface area contributed by atoms with Crippen molar-refractivity contribution in [3.63, 3.8) is 0 Å². The van der Waals surface area contributed by atoms with Crippen molar-refractivity contribution in [2.45, 2.75) is 12.8 Å². The molecule has 0 aliphatic carbocycles. The van der Waals surface area contributed by atoms with Gasteiger partial charge < -0.3 is 4.74 Å². The van der Waals surface area contributed by atoms with Crippen molar-refractivity contribution in [1.29, 1.82) is 0 Å². The van der Waals surface area contributed by atoms with Gasteiger partial charge in [0, 0.05) is 0 Å². The van der Waals surface area contributed by atoms with Crippen LogP contribution in [-0.4, -0.2) is 0 Å². The molecule has 0 amide bonds. The number of halogens is 4. The summed E-state index contributed by atoms with van der Waals surface area (Å²) in [7, 11) is 0. The van der Waals surface area contributed by atoms with Crippen molar-refractivity contribution in [2.24, 2.45) is 0 Å². The highest BCUT2D eigenvalue weighted by Gasteiger charge is 2.29. The van der Waals surface area contributed by atoms with Gasteiger partial charge in [-0.2, -0.15) is 13.2 Å². The van der Waals surface area contributed by atoms with Crippen LogP contribution in [0.2, 0.25) is 0 Å². The first-order valence-corrected chi connectivity index (χ1v) is 5.50. The third-order valence-electron chi connectivity index (χ3n) is 2.50. The first kappa shape index (κ1) is 13.4. The Morgan fingerprint density at radius 1 is 0.842 bits per heavy atom. The van der Waals surface area contributed by atoms with Crippen molar-refractivity contribution < 1.29 is 22.3 Å². The van der Waals surface area contributed by atoms with E-state index in [1.54, 1.807) is 12.1 Å². The minimum absolute atomic E-state index is 0.172. The third kappa shape index (κ3) is 3.71. The molecule has 0 saturated carbocycles. The summed E-state index contributed by atoms with van der Waals surface area (Å²) in [6.07, 6.45) is -4.35. The maximum Gasteiger partial charge on any atom is 0.416 e. The molecule has 0 spiro atoms. The molecule has 0 bridgehead atoms. The van der Waals surface area contributed by atoms with E-state index in [2.05, 4.69) is 0 Å².